The molecule has 0 unspecified atom stereocenters. The first-order chi connectivity index (χ1) is 12.9. The van der Waals surface area contributed by atoms with Crippen LogP contribution in [-0.2, 0) is 11.3 Å². The number of nitro benzene ring substituents is 1. The van der Waals surface area contributed by atoms with E-state index >= 15 is 0 Å². The second-order valence-electron chi connectivity index (χ2n) is 6.36. The van der Waals surface area contributed by atoms with Crippen molar-refractivity contribution in [2.45, 2.75) is 19.5 Å². The highest BCUT2D eigenvalue weighted by Crippen LogP contribution is 2.23. The molecular formula is C20H19N3O4. The van der Waals surface area contributed by atoms with Gasteiger partial charge < -0.3 is 9.47 Å². The maximum absolute atomic E-state index is 12.8. The van der Waals surface area contributed by atoms with E-state index in [4.69, 9.17) is 0 Å². The van der Waals surface area contributed by atoms with Crippen LogP contribution in [0.1, 0.15) is 18.5 Å². The van der Waals surface area contributed by atoms with Crippen molar-refractivity contribution in [2.75, 3.05) is 7.05 Å². The SMILES string of the molecule is C[C@@H](c1cccc([N+](=O)[O-])c1)N(C)C(=O)Cn1ccc(=O)c2ccccc21. The van der Waals surface area contributed by atoms with Crippen molar-refractivity contribution in [3.8, 4) is 0 Å². The van der Waals surface area contributed by atoms with Crippen LogP contribution >= 0.6 is 0 Å². The Kier molecular flexibility index (Phi) is 5.03. The Bertz CT molecular complexity index is 1070. The molecule has 0 aliphatic rings. The Hall–Kier alpha value is -3.48. The third kappa shape index (κ3) is 3.72. The highest BCUT2D eigenvalue weighted by Gasteiger charge is 2.20. The highest BCUT2D eigenvalue weighted by molar-refractivity contribution is 5.82. The molecule has 0 aliphatic carbocycles. The van der Waals surface area contributed by atoms with Crippen molar-refractivity contribution in [1.29, 1.82) is 0 Å². The first-order valence-corrected chi connectivity index (χ1v) is 8.46. The summed E-state index contributed by atoms with van der Waals surface area (Å²) in [5, 5.41) is 11.5. The van der Waals surface area contributed by atoms with Crippen LogP contribution < -0.4 is 5.43 Å². The van der Waals surface area contributed by atoms with Gasteiger partial charge in [-0.3, -0.25) is 19.7 Å². The van der Waals surface area contributed by atoms with E-state index in [-0.39, 0.29) is 29.6 Å². The molecule has 0 saturated heterocycles. The van der Waals surface area contributed by atoms with E-state index in [0.29, 0.717) is 16.5 Å². The van der Waals surface area contributed by atoms with Gasteiger partial charge in [0.1, 0.15) is 6.54 Å². The lowest BCUT2D eigenvalue weighted by molar-refractivity contribution is -0.384. The van der Waals surface area contributed by atoms with E-state index in [2.05, 4.69) is 0 Å². The highest BCUT2D eigenvalue weighted by atomic mass is 16.6. The average molecular weight is 365 g/mol. The predicted octanol–water partition coefficient (Wildman–Crippen LogP) is 3.13. The molecule has 7 heteroatoms. The smallest absolute Gasteiger partial charge is 0.269 e. The number of nitro groups is 1. The van der Waals surface area contributed by atoms with E-state index in [1.807, 2.05) is 13.0 Å². The van der Waals surface area contributed by atoms with E-state index < -0.39 is 4.92 Å². The third-order valence-corrected chi connectivity index (χ3v) is 4.73. The Morgan fingerprint density at radius 1 is 1.19 bits per heavy atom. The van der Waals surface area contributed by atoms with Gasteiger partial charge in [0.25, 0.3) is 5.69 Å². The second-order valence-corrected chi connectivity index (χ2v) is 6.36. The number of rotatable bonds is 5. The number of non-ortho nitro benzene ring substituents is 1. The summed E-state index contributed by atoms with van der Waals surface area (Å²) in [5.41, 5.74) is 1.28. The minimum absolute atomic E-state index is 0.00778. The Labute approximate surface area is 155 Å². The molecule has 1 atom stereocenters. The Morgan fingerprint density at radius 3 is 2.67 bits per heavy atom. The van der Waals surface area contributed by atoms with Crippen LogP contribution in [0.4, 0.5) is 5.69 Å². The van der Waals surface area contributed by atoms with Gasteiger partial charge in [-0.15, -0.1) is 0 Å². The lowest BCUT2D eigenvalue weighted by Gasteiger charge is -2.26. The molecule has 0 N–H and O–H groups in total. The lowest BCUT2D eigenvalue weighted by atomic mass is 10.1. The predicted molar refractivity (Wildman–Crippen MR) is 102 cm³/mol. The Balaban J connectivity index is 1.84. The molecular weight excluding hydrogens is 346 g/mol. The van der Waals surface area contributed by atoms with Crippen LogP contribution in [-0.4, -0.2) is 27.3 Å². The fourth-order valence-electron chi connectivity index (χ4n) is 2.99. The van der Waals surface area contributed by atoms with Gasteiger partial charge in [0, 0.05) is 36.8 Å². The van der Waals surface area contributed by atoms with E-state index in [1.165, 1.54) is 18.2 Å². The summed E-state index contributed by atoms with van der Waals surface area (Å²) in [6.45, 7) is 1.89. The zero-order chi connectivity index (χ0) is 19.6. The lowest BCUT2D eigenvalue weighted by Crippen LogP contribution is -2.32. The molecule has 0 radical (unpaired) electrons. The number of amides is 1. The second kappa shape index (κ2) is 7.41. The largest absolute Gasteiger partial charge is 0.338 e. The molecule has 138 valence electrons. The molecule has 1 heterocycles. The Morgan fingerprint density at radius 2 is 1.93 bits per heavy atom. The molecule has 1 aromatic heterocycles. The van der Waals surface area contributed by atoms with E-state index in [0.717, 1.165) is 0 Å². The summed E-state index contributed by atoms with van der Waals surface area (Å²) >= 11 is 0. The fourth-order valence-corrected chi connectivity index (χ4v) is 2.99. The van der Waals surface area contributed by atoms with Crippen molar-refractivity contribution < 1.29 is 9.72 Å². The van der Waals surface area contributed by atoms with Crippen LogP contribution in [0.25, 0.3) is 10.9 Å². The van der Waals surface area contributed by atoms with Crippen LogP contribution in [0.5, 0.6) is 0 Å². The standard InChI is InChI=1S/C20H19N3O4/c1-14(15-6-5-7-16(12-15)23(26)27)21(2)20(25)13-22-11-10-19(24)17-8-3-4-9-18(17)22/h3-12,14H,13H2,1-2H3/t14-/m0/s1. The molecule has 0 aliphatic heterocycles. The molecule has 0 fully saturated rings. The molecule has 27 heavy (non-hydrogen) atoms. The van der Waals surface area contributed by atoms with E-state index in [1.54, 1.807) is 53.0 Å². The van der Waals surface area contributed by atoms with Crippen molar-refractivity contribution in [1.82, 2.24) is 9.47 Å². The monoisotopic (exact) mass is 365 g/mol. The number of para-hydroxylation sites is 1. The van der Waals surface area contributed by atoms with Gasteiger partial charge in [0.05, 0.1) is 16.5 Å². The van der Waals surface area contributed by atoms with Crippen molar-refractivity contribution in [3.05, 3.63) is 86.7 Å². The van der Waals surface area contributed by atoms with Gasteiger partial charge in [-0.25, -0.2) is 0 Å². The number of carbonyl (C=O) groups is 1. The number of pyridine rings is 1. The summed E-state index contributed by atoms with van der Waals surface area (Å²) in [7, 11) is 1.66. The quantitative estimate of drug-likeness (QED) is 0.513. The number of hydrogen-bond acceptors (Lipinski definition) is 4. The van der Waals surface area contributed by atoms with Gasteiger partial charge in [0.2, 0.25) is 5.91 Å². The first-order valence-electron chi connectivity index (χ1n) is 8.46. The molecule has 7 nitrogen and oxygen atoms in total. The maximum Gasteiger partial charge on any atom is 0.269 e. The first kappa shape index (κ1) is 18.3. The number of fused-ring (bicyclic) bond motifs is 1. The minimum Gasteiger partial charge on any atom is -0.338 e. The zero-order valence-corrected chi connectivity index (χ0v) is 15.0. The summed E-state index contributed by atoms with van der Waals surface area (Å²) in [5.74, 6) is -0.164. The van der Waals surface area contributed by atoms with Crippen molar-refractivity contribution >= 4 is 22.5 Å². The number of nitrogens with zero attached hydrogens (tertiary/aromatic N) is 3. The van der Waals surface area contributed by atoms with Crippen LogP contribution in [0.3, 0.4) is 0 Å². The van der Waals surface area contributed by atoms with Gasteiger partial charge >= 0.3 is 0 Å². The summed E-state index contributed by atoms with van der Waals surface area (Å²) in [6.07, 6.45) is 1.61. The van der Waals surface area contributed by atoms with Gasteiger partial charge in [-0.2, -0.15) is 0 Å². The molecule has 3 aromatic rings. The van der Waals surface area contributed by atoms with Crippen LogP contribution in [0.15, 0.2) is 65.6 Å². The summed E-state index contributed by atoms with van der Waals surface area (Å²) < 4.78 is 1.73. The number of likely N-dealkylation sites (N-methyl/N-ethyl adjacent to an activating group) is 1. The average Bonchev–Trinajstić information content (AvgIpc) is 2.69. The maximum atomic E-state index is 12.8. The minimum atomic E-state index is -0.454. The molecule has 0 spiro atoms. The normalized spacial score (nSPS) is 11.9. The van der Waals surface area contributed by atoms with Gasteiger partial charge in [-0.05, 0) is 24.6 Å². The summed E-state index contributed by atoms with van der Waals surface area (Å²) in [6, 6.07) is 14.5. The van der Waals surface area contributed by atoms with E-state index in [9.17, 15) is 19.7 Å². The zero-order valence-electron chi connectivity index (χ0n) is 15.0. The van der Waals surface area contributed by atoms with Crippen molar-refractivity contribution in [2.24, 2.45) is 0 Å². The number of benzene rings is 2. The van der Waals surface area contributed by atoms with Gasteiger partial charge in [-0.1, -0.05) is 24.3 Å². The molecule has 0 saturated carbocycles. The third-order valence-electron chi connectivity index (χ3n) is 4.73. The number of hydrogen-bond donors (Lipinski definition) is 0. The molecule has 2 aromatic carbocycles. The number of aromatic nitrogens is 1. The number of carbonyl (C=O) groups excluding carboxylic acids is 1. The topological polar surface area (TPSA) is 85.4 Å². The molecule has 0 bridgehead atoms. The summed E-state index contributed by atoms with van der Waals surface area (Å²) in [4.78, 5) is 36.8. The van der Waals surface area contributed by atoms with Gasteiger partial charge in [0.15, 0.2) is 5.43 Å². The van der Waals surface area contributed by atoms with Crippen LogP contribution in [0.2, 0.25) is 0 Å². The molecule has 1 amide bonds. The molecule has 3 rings (SSSR count). The van der Waals surface area contributed by atoms with Crippen LogP contribution in [0, 0.1) is 10.1 Å². The van der Waals surface area contributed by atoms with Crippen molar-refractivity contribution in [3.63, 3.8) is 0 Å². The fraction of sp³-hybridized carbons (Fsp3) is 0.200.